The zero-order chi connectivity index (χ0) is 20.2. The summed E-state index contributed by atoms with van der Waals surface area (Å²) in [5.41, 5.74) is 0.960. The summed E-state index contributed by atoms with van der Waals surface area (Å²) in [5, 5.41) is 25.1. The fraction of sp³-hybridized carbons (Fsp3) is 0.500. The van der Waals surface area contributed by atoms with Gasteiger partial charge in [-0.3, -0.25) is 14.0 Å². The van der Waals surface area contributed by atoms with Gasteiger partial charge in [-0.1, -0.05) is 13.8 Å². The van der Waals surface area contributed by atoms with E-state index in [1.807, 2.05) is 13.8 Å². The number of rotatable bonds is 3. The topological polar surface area (TPSA) is 142 Å². The molecule has 1 aliphatic rings. The highest BCUT2D eigenvalue weighted by Gasteiger charge is 2.26. The molecule has 11 heteroatoms. The molecular formula is C16H22N4O6S. The van der Waals surface area contributed by atoms with E-state index in [4.69, 9.17) is 9.90 Å². The number of carbonyl (C=O) groups is 2. The number of pyridine rings is 1. The third kappa shape index (κ3) is 4.80. The first-order chi connectivity index (χ1) is 12.7. The zero-order valence-corrected chi connectivity index (χ0v) is 15.8. The van der Waals surface area contributed by atoms with Gasteiger partial charge in [0.15, 0.2) is 21.3 Å². The van der Waals surface area contributed by atoms with Gasteiger partial charge in [-0.05, 0) is 18.1 Å². The molecule has 0 radical (unpaired) electrons. The van der Waals surface area contributed by atoms with Crippen LogP contribution in [0.3, 0.4) is 0 Å². The van der Waals surface area contributed by atoms with Gasteiger partial charge in [0.2, 0.25) is 0 Å². The lowest BCUT2D eigenvalue weighted by Gasteiger charge is -2.26. The first-order valence-electron chi connectivity index (χ1n) is 8.30. The van der Waals surface area contributed by atoms with Crippen molar-refractivity contribution >= 4 is 27.9 Å². The van der Waals surface area contributed by atoms with Gasteiger partial charge in [0.05, 0.1) is 17.1 Å². The lowest BCUT2D eigenvalue weighted by atomic mass is 10.1. The number of hydrogen-bond donors (Lipinski definition) is 2. The van der Waals surface area contributed by atoms with Crippen LogP contribution in [0.4, 0.5) is 0 Å². The van der Waals surface area contributed by atoms with Crippen LogP contribution in [0, 0.1) is 5.92 Å². The molecule has 1 saturated heterocycles. The first-order valence-corrected chi connectivity index (χ1v) is 10.1. The summed E-state index contributed by atoms with van der Waals surface area (Å²) in [7, 11) is -3.04. The predicted molar refractivity (Wildman–Crippen MR) is 96.0 cm³/mol. The Morgan fingerprint density at radius 3 is 2.37 bits per heavy atom. The highest BCUT2D eigenvalue weighted by molar-refractivity contribution is 7.91. The molecule has 0 saturated carbocycles. The van der Waals surface area contributed by atoms with Crippen molar-refractivity contribution in [3.63, 3.8) is 0 Å². The second kappa shape index (κ2) is 8.44. The van der Waals surface area contributed by atoms with Crippen molar-refractivity contribution in [1.29, 1.82) is 0 Å². The van der Waals surface area contributed by atoms with Crippen LogP contribution >= 0.6 is 0 Å². The van der Waals surface area contributed by atoms with Crippen LogP contribution in [0.1, 0.15) is 36.1 Å². The maximum atomic E-state index is 12.6. The maximum Gasteiger partial charge on any atom is 0.290 e. The Morgan fingerprint density at radius 2 is 1.81 bits per heavy atom. The number of amides is 1. The molecule has 1 fully saturated rings. The molecule has 1 amide bonds. The maximum absolute atomic E-state index is 12.6. The van der Waals surface area contributed by atoms with Crippen molar-refractivity contribution in [3.05, 3.63) is 29.7 Å². The summed E-state index contributed by atoms with van der Waals surface area (Å²) in [6.45, 7) is 3.88. The lowest BCUT2D eigenvalue weighted by Crippen LogP contribution is -2.43. The van der Waals surface area contributed by atoms with Crippen LogP contribution < -0.4 is 0 Å². The molecule has 27 heavy (non-hydrogen) atoms. The SMILES string of the molecule is CC(C)C(O)c1nnc2ccc(C(=O)N3CCS(=O)(=O)CC3)cn12.O=CO. The van der Waals surface area contributed by atoms with E-state index < -0.39 is 15.9 Å². The van der Waals surface area contributed by atoms with Crippen molar-refractivity contribution in [2.45, 2.75) is 20.0 Å². The molecule has 2 N–H and O–H groups in total. The molecule has 3 rings (SSSR count). The molecule has 0 bridgehead atoms. The van der Waals surface area contributed by atoms with Gasteiger partial charge >= 0.3 is 0 Å². The summed E-state index contributed by atoms with van der Waals surface area (Å²) in [6.07, 6.45) is 0.812. The van der Waals surface area contributed by atoms with E-state index in [-0.39, 0.29) is 42.9 Å². The highest BCUT2D eigenvalue weighted by Crippen LogP contribution is 2.21. The number of nitrogens with zero attached hydrogens (tertiary/aromatic N) is 4. The van der Waals surface area contributed by atoms with Crippen LogP contribution in [-0.4, -0.2) is 75.1 Å². The Bertz CT molecular complexity index is 910. The van der Waals surface area contributed by atoms with Gasteiger partial charge in [0.1, 0.15) is 6.10 Å². The number of fused-ring (bicyclic) bond motifs is 1. The van der Waals surface area contributed by atoms with E-state index in [1.54, 1.807) is 22.7 Å². The number of hydrogen-bond acceptors (Lipinski definition) is 7. The first kappa shape index (κ1) is 20.8. The Balaban J connectivity index is 0.000000817. The minimum absolute atomic E-state index is 0.00900. The Kier molecular flexibility index (Phi) is 6.50. The average molecular weight is 398 g/mol. The molecule has 1 aliphatic heterocycles. The minimum Gasteiger partial charge on any atom is -0.483 e. The van der Waals surface area contributed by atoms with Crippen molar-refractivity contribution in [2.24, 2.45) is 5.92 Å². The average Bonchev–Trinajstić information content (AvgIpc) is 3.04. The van der Waals surface area contributed by atoms with Gasteiger partial charge in [0, 0.05) is 19.3 Å². The fourth-order valence-corrected chi connectivity index (χ4v) is 3.83. The van der Waals surface area contributed by atoms with Crippen molar-refractivity contribution in [2.75, 3.05) is 24.6 Å². The quantitative estimate of drug-likeness (QED) is 0.688. The molecule has 2 aromatic rings. The number of aliphatic hydroxyl groups excluding tert-OH is 1. The molecule has 10 nitrogen and oxygen atoms in total. The number of carbonyl (C=O) groups excluding carboxylic acids is 1. The van der Waals surface area contributed by atoms with E-state index in [2.05, 4.69) is 10.2 Å². The number of sulfone groups is 1. The molecule has 148 valence electrons. The monoisotopic (exact) mass is 398 g/mol. The van der Waals surface area contributed by atoms with Gasteiger partial charge in [-0.15, -0.1) is 10.2 Å². The smallest absolute Gasteiger partial charge is 0.290 e. The van der Waals surface area contributed by atoms with E-state index in [0.717, 1.165) is 0 Å². The molecule has 2 aromatic heterocycles. The Hall–Kier alpha value is -2.53. The van der Waals surface area contributed by atoms with Crippen LogP contribution in [0.15, 0.2) is 18.3 Å². The van der Waals surface area contributed by atoms with Gasteiger partial charge in [-0.25, -0.2) is 8.42 Å². The number of aromatic nitrogens is 3. The molecule has 1 atom stereocenters. The van der Waals surface area contributed by atoms with Crippen LogP contribution in [0.25, 0.3) is 5.65 Å². The molecule has 3 heterocycles. The number of aliphatic hydroxyl groups is 1. The molecule has 0 aromatic carbocycles. The zero-order valence-electron chi connectivity index (χ0n) is 15.0. The second-order valence-electron chi connectivity index (χ2n) is 6.44. The van der Waals surface area contributed by atoms with Gasteiger partial charge in [-0.2, -0.15) is 0 Å². The largest absolute Gasteiger partial charge is 0.483 e. The summed E-state index contributed by atoms with van der Waals surface area (Å²) in [5.74, 6) is 0.0981. The van der Waals surface area contributed by atoms with E-state index in [1.165, 1.54) is 4.90 Å². The van der Waals surface area contributed by atoms with Gasteiger partial charge in [0.25, 0.3) is 12.4 Å². The second-order valence-corrected chi connectivity index (χ2v) is 8.75. The Labute approximate surface area is 156 Å². The van der Waals surface area contributed by atoms with E-state index >= 15 is 0 Å². The lowest BCUT2D eigenvalue weighted by molar-refractivity contribution is -0.122. The molecular weight excluding hydrogens is 376 g/mol. The standard InChI is InChI=1S/C15H20N4O4S.CH2O2/c1-10(2)13(20)14-17-16-12-4-3-11(9-19(12)14)15(21)18-5-7-24(22,23)8-6-18;2-1-3/h3-4,9-10,13,20H,5-8H2,1-2H3;1H,(H,2,3). The van der Waals surface area contributed by atoms with E-state index in [9.17, 15) is 18.3 Å². The summed E-state index contributed by atoms with van der Waals surface area (Å²) >= 11 is 0. The van der Waals surface area contributed by atoms with Crippen molar-refractivity contribution in [3.8, 4) is 0 Å². The summed E-state index contributed by atoms with van der Waals surface area (Å²) < 4.78 is 24.6. The van der Waals surface area contributed by atoms with E-state index in [0.29, 0.717) is 17.0 Å². The van der Waals surface area contributed by atoms with Crippen LogP contribution in [0.2, 0.25) is 0 Å². The minimum atomic E-state index is -3.04. The normalized spacial score (nSPS) is 17.3. The fourth-order valence-electron chi connectivity index (χ4n) is 2.63. The predicted octanol–water partition coefficient (Wildman–Crippen LogP) is -0.00990. The van der Waals surface area contributed by atoms with Crippen LogP contribution in [0.5, 0.6) is 0 Å². The number of carboxylic acid groups (broad SMARTS) is 1. The van der Waals surface area contributed by atoms with Gasteiger partial charge < -0.3 is 15.1 Å². The molecule has 0 aliphatic carbocycles. The highest BCUT2D eigenvalue weighted by atomic mass is 32.2. The summed E-state index contributed by atoms with van der Waals surface area (Å²) in [6, 6.07) is 3.30. The van der Waals surface area contributed by atoms with Crippen molar-refractivity contribution in [1.82, 2.24) is 19.5 Å². The third-order valence-corrected chi connectivity index (χ3v) is 5.81. The molecule has 1 unspecified atom stereocenters. The molecule has 0 spiro atoms. The van der Waals surface area contributed by atoms with Crippen molar-refractivity contribution < 1.29 is 28.2 Å². The summed E-state index contributed by atoms with van der Waals surface area (Å²) in [4.78, 5) is 22.5. The van der Waals surface area contributed by atoms with Crippen LogP contribution in [-0.2, 0) is 14.6 Å². The third-order valence-electron chi connectivity index (χ3n) is 4.20. The Morgan fingerprint density at radius 1 is 1.22 bits per heavy atom.